The van der Waals surface area contributed by atoms with Gasteiger partial charge in [-0.25, -0.2) is 4.79 Å². The Morgan fingerprint density at radius 2 is 1.77 bits per heavy atom. The zero-order valence-corrected chi connectivity index (χ0v) is 8.29. The molecule has 0 aliphatic carbocycles. The maximum absolute atomic E-state index is 10.3. The van der Waals surface area contributed by atoms with Crippen molar-refractivity contribution < 1.29 is 15.0 Å². The highest BCUT2D eigenvalue weighted by Crippen LogP contribution is 2.10. The van der Waals surface area contributed by atoms with Gasteiger partial charge < -0.3 is 10.2 Å². The summed E-state index contributed by atoms with van der Waals surface area (Å²) in [5, 5.41) is 17.5. The molecule has 74 valence electrons. The first-order valence-electron chi connectivity index (χ1n) is 4.20. The van der Waals surface area contributed by atoms with Crippen molar-refractivity contribution in [3.05, 3.63) is 23.0 Å². The van der Waals surface area contributed by atoms with Gasteiger partial charge in [-0.15, -0.1) is 0 Å². The number of carboxylic acids is 1. The number of aliphatic carboxylic acids is 1. The quantitative estimate of drug-likeness (QED) is 0.401. The van der Waals surface area contributed by atoms with Crippen LogP contribution in [0.5, 0.6) is 0 Å². The Bertz CT molecular complexity index is 245. The molecule has 0 aliphatic rings. The average molecular weight is 184 g/mol. The van der Waals surface area contributed by atoms with Crippen LogP contribution in [-0.4, -0.2) is 16.2 Å². The van der Waals surface area contributed by atoms with E-state index in [1.54, 1.807) is 6.92 Å². The number of aliphatic hydroxyl groups excluding tert-OH is 1. The highest BCUT2D eigenvalue weighted by molar-refractivity contribution is 5.84. The lowest BCUT2D eigenvalue weighted by molar-refractivity contribution is -0.135. The van der Waals surface area contributed by atoms with Gasteiger partial charge in [0.05, 0.1) is 0 Å². The van der Waals surface area contributed by atoms with Gasteiger partial charge in [0.25, 0.3) is 0 Å². The summed E-state index contributed by atoms with van der Waals surface area (Å²) in [7, 11) is 0. The first kappa shape index (κ1) is 11.8. The molecule has 0 aromatic rings. The molecule has 0 aliphatic heterocycles. The molecule has 0 bridgehead atoms. The van der Waals surface area contributed by atoms with Crippen molar-refractivity contribution in [2.24, 2.45) is 0 Å². The van der Waals surface area contributed by atoms with E-state index in [1.807, 2.05) is 19.9 Å². The number of hydrogen-bond acceptors (Lipinski definition) is 2. The molecule has 0 saturated heterocycles. The minimum Gasteiger partial charge on any atom is -0.502 e. The largest absolute Gasteiger partial charge is 0.502 e. The summed E-state index contributed by atoms with van der Waals surface area (Å²) in [6.07, 6.45) is 3.37. The maximum atomic E-state index is 10.3. The SMILES string of the molecule is CC(C)=CCC/C(C)=C(/O)C(=O)O. The second-order valence-corrected chi connectivity index (χ2v) is 3.25. The minimum atomic E-state index is -1.25. The molecule has 0 rings (SSSR count). The first-order valence-corrected chi connectivity index (χ1v) is 4.20. The summed E-state index contributed by atoms with van der Waals surface area (Å²) in [4.78, 5) is 10.3. The monoisotopic (exact) mass is 184 g/mol. The topological polar surface area (TPSA) is 57.5 Å². The Morgan fingerprint density at radius 1 is 1.23 bits per heavy atom. The second kappa shape index (κ2) is 5.41. The third kappa shape index (κ3) is 5.06. The van der Waals surface area contributed by atoms with Crippen LogP contribution in [0.15, 0.2) is 23.0 Å². The van der Waals surface area contributed by atoms with Gasteiger partial charge in [-0.05, 0) is 39.2 Å². The van der Waals surface area contributed by atoms with Crippen LogP contribution in [0.1, 0.15) is 33.6 Å². The highest BCUT2D eigenvalue weighted by Gasteiger charge is 2.07. The third-order valence-electron chi connectivity index (χ3n) is 1.68. The predicted molar refractivity (Wildman–Crippen MR) is 51.6 cm³/mol. The van der Waals surface area contributed by atoms with Gasteiger partial charge in [-0.1, -0.05) is 11.6 Å². The smallest absolute Gasteiger partial charge is 0.370 e. The van der Waals surface area contributed by atoms with Gasteiger partial charge in [0.1, 0.15) is 0 Å². The zero-order chi connectivity index (χ0) is 10.4. The van der Waals surface area contributed by atoms with Crippen molar-refractivity contribution >= 4 is 5.97 Å². The second-order valence-electron chi connectivity index (χ2n) is 3.25. The number of aliphatic hydroxyl groups is 1. The molecule has 2 N–H and O–H groups in total. The lowest BCUT2D eigenvalue weighted by atomic mass is 10.1. The lowest BCUT2D eigenvalue weighted by Crippen LogP contribution is -2.02. The summed E-state index contributed by atoms with van der Waals surface area (Å²) < 4.78 is 0. The van der Waals surface area contributed by atoms with Crippen molar-refractivity contribution in [3.63, 3.8) is 0 Å². The van der Waals surface area contributed by atoms with Crippen LogP contribution in [0.2, 0.25) is 0 Å². The van der Waals surface area contributed by atoms with Crippen LogP contribution in [0, 0.1) is 0 Å². The van der Waals surface area contributed by atoms with Crippen LogP contribution in [0.3, 0.4) is 0 Å². The van der Waals surface area contributed by atoms with Gasteiger partial charge in [-0.2, -0.15) is 0 Å². The van der Waals surface area contributed by atoms with E-state index in [0.717, 1.165) is 6.42 Å². The Hall–Kier alpha value is -1.25. The van der Waals surface area contributed by atoms with E-state index in [4.69, 9.17) is 10.2 Å². The molecule has 0 aromatic heterocycles. The van der Waals surface area contributed by atoms with Crippen molar-refractivity contribution in [2.45, 2.75) is 33.6 Å². The van der Waals surface area contributed by atoms with Crippen LogP contribution in [-0.2, 0) is 4.79 Å². The van der Waals surface area contributed by atoms with E-state index in [0.29, 0.717) is 12.0 Å². The molecule has 0 unspecified atom stereocenters. The van der Waals surface area contributed by atoms with Gasteiger partial charge in [0.15, 0.2) is 0 Å². The molecule has 3 nitrogen and oxygen atoms in total. The molecule has 0 amide bonds. The van der Waals surface area contributed by atoms with Crippen LogP contribution < -0.4 is 0 Å². The van der Waals surface area contributed by atoms with E-state index >= 15 is 0 Å². The maximum Gasteiger partial charge on any atom is 0.370 e. The van der Waals surface area contributed by atoms with Gasteiger partial charge >= 0.3 is 5.97 Å². The van der Waals surface area contributed by atoms with E-state index in [9.17, 15) is 4.79 Å². The normalized spacial score (nSPS) is 11.9. The van der Waals surface area contributed by atoms with Crippen molar-refractivity contribution in [2.75, 3.05) is 0 Å². The third-order valence-corrected chi connectivity index (χ3v) is 1.68. The van der Waals surface area contributed by atoms with Crippen molar-refractivity contribution in [3.8, 4) is 0 Å². The summed E-state index contributed by atoms with van der Waals surface area (Å²) in [6, 6.07) is 0. The van der Waals surface area contributed by atoms with E-state index < -0.39 is 11.7 Å². The highest BCUT2D eigenvalue weighted by atomic mass is 16.4. The molecule has 0 radical (unpaired) electrons. The molecule has 0 fully saturated rings. The van der Waals surface area contributed by atoms with Crippen molar-refractivity contribution in [1.82, 2.24) is 0 Å². The summed E-state index contributed by atoms with van der Waals surface area (Å²) >= 11 is 0. The molecular formula is C10H16O3. The predicted octanol–water partition coefficient (Wildman–Crippen LogP) is 2.65. The number of rotatable bonds is 4. The van der Waals surface area contributed by atoms with Crippen molar-refractivity contribution in [1.29, 1.82) is 0 Å². The number of hydrogen-bond donors (Lipinski definition) is 2. The minimum absolute atomic E-state index is 0.519. The lowest BCUT2D eigenvalue weighted by Gasteiger charge is -2.00. The molecule has 0 aromatic carbocycles. The average Bonchev–Trinajstić information content (AvgIpc) is 2.02. The molecular weight excluding hydrogens is 168 g/mol. The van der Waals surface area contributed by atoms with Crippen LogP contribution in [0.4, 0.5) is 0 Å². The van der Waals surface area contributed by atoms with Gasteiger partial charge in [0.2, 0.25) is 5.76 Å². The molecule has 3 heteroatoms. The van der Waals surface area contributed by atoms with E-state index in [1.165, 1.54) is 5.57 Å². The number of carboxylic acid groups (broad SMARTS) is 1. The molecule has 0 atom stereocenters. The fraction of sp³-hybridized carbons (Fsp3) is 0.500. The molecule has 0 spiro atoms. The summed E-state index contributed by atoms with van der Waals surface area (Å²) in [5.41, 5.74) is 1.72. The zero-order valence-electron chi connectivity index (χ0n) is 8.29. The Kier molecular flexibility index (Phi) is 4.89. The Morgan fingerprint density at radius 3 is 2.15 bits per heavy atom. The summed E-state index contributed by atoms with van der Waals surface area (Å²) in [5.74, 6) is -1.78. The fourth-order valence-corrected chi connectivity index (χ4v) is 0.878. The first-order chi connectivity index (χ1) is 5.95. The number of carbonyl (C=O) groups is 1. The summed E-state index contributed by atoms with van der Waals surface area (Å²) in [6.45, 7) is 5.59. The van der Waals surface area contributed by atoms with E-state index in [-0.39, 0.29) is 0 Å². The fourth-order valence-electron chi connectivity index (χ4n) is 0.878. The Balaban J connectivity index is 4.15. The Labute approximate surface area is 78.4 Å². The van der Waals surface area contributed by atoms with Gasteiger partial charge in [-0.3, -0.25) is 0 Å². The van der Waals surface area contributed by atoms with Crippen LogP contribution in [0.25, 0.3) is 0 Å². The van der Waals surface area contributed by atoms with E-state index in [2.05, 4.69) is 0 Å². The molecule has 13 heavy (non-hydrogen) atoms. The van der Waals surface area contributed by atoms with Crippen LogP contribution >= 0.6 is 0 Å². The number of allylic oxidation sites excluding steroid dienone is 3. The standard InChI is InChI=1S/C10H16O3/c1-7(2)5-4-6-8(3)9(11)10(12)13/h5,11H,4,6H2,1-3H3,(H,12,13)/b9-8+. The van der Waals surface area contributed by atoms with Gasteiger partial charge in [0, 0.05) is 0 Å². The molecule has 0 heterocycles. The molecule has 0 saturated carbocycles.